The highest BCUT2D eigenvalue weighted by Crippen LogP contribution is 2.07. The molecule has 0 aliphatic carbocycles. The maximum atomic E-state index is 5.92. The number of nitrogens with zero attached hydrogens (tertiary/aromatic N) is 3. The highest BCUT2D eigenvalue weighted by Gasteiger charge is 2.06. The van der Waals surface area contributed by atoms with Crippen LogP contribution in [0.4, 0.5) is 0 Å². The molecule has 0 aromatic carbocycles. The van der Waals surface area contributed by atoms with Gasteiger partial charge in [0.05, 0.1) is 11.4 Å². The lowest BCUT2D eigenvalue weighted by Crippen LogP contribution is -2.22. The first-order valence-electron chi connectivity index (χ1n) is 5.31. The van der Waals surface area contributed by atoms with Gasteiger partial charge in [0, 0.05) is 19.0 Å². The fourth-order valence-electron chi connectivity index (χ4n) is 1.57. The largest absolute Gasteiger partial charge is 0.301 e. The van der Waals surface area contributed by atoms with Gasteiger partial charge >= 0.3 is 0 Å². The molecular weight excluding hydrogens is 210 g/mol. The van der Waals surface area contributed by atoms with Crippen LogP contribution >= 0.6 is 11.6 Å². The van der Waals surface area contributed by atoms with Crippen molar-refractivity contribution in [3.63, 3.8) is 0 Å². The second kappa shape index (κ2) is 5.52. The van der Waals surface area contributed by atoms with Crippen LogP contribution in [0.25, 0.3) is 0 Å². The van der Waals surface area contributed by atoms with Gasteiger partial charge in [0.15, 0.2) is 0 Å². The minimum Gasteiger partial charge on any atom is -0.301 e. The number of aryl methyl sites for hydroxylation is 2. The van der Waals surface area contributed by atoms with Gasteiger partial charge in [-0.05, 0) is 39.9 Å². The molecule has 0 spiro atoms. The molecule has 0 bridgehead atoms. The molecule has 0 fully saturated rings. The van der Waals surface area contributed by atoms with Crippen molar-refractivity contribution in [1.82, 2.24) is 14.7 Å². The molecule has 86 valence electrons. The zero-order valence-corrected chi connectivity index (χ0v) is 10.8. The summed E-state index contributed by atoms with van der Waals surface area (Å²) in [4.78, 5) is 2.27. The Kier molecular flexibility index (Phi) is 4.61. The first-order valence-corrected chi connectivity index (χ1v) is 5.75. The zero-order valence-electron chi connectivity index (χ0n) is 10.00. The van der Waals surface area contributed by atoms with Crippen LogP contribution in [-0.4, -0.2) is 33.6 Å². The van der Waals surface area contributed by atoms with Crippen LogP contribution in [0.2, 0.25) is 0 Å². The number of halogens is 1. The molecule has 0 saturated heterocycles. The topological polar surface area (TPSA) is 21.1 Å². The second-order valence-corrected chi connectivity index (χ2v) is 4.95. The molecule has 0 radical (unpaired) electrons. The van der Waals surface area contributed by atoms with E-state index in [2.05, 4.69) is 23.1 Å². The van der Waals surface area contributed by atoms with Crippen LogP contribution in [0.3, 0.4) is 0 Å². The summed E-state index contributed by atoms with van der Waals surface area (Å²) in [7, 11) is 4.10. The summed E-state index contributed by atoms with van der Waals surface area (Å²) in [6.07, 6.45) is 1.02. The molecule has 0 saturated carbocycles. The van der Waals surface area contributed by atoms with E-state index in [1.807, 2.05) is 25.6 Å². The fraction of sp³-hybridized carbons (Fsp3) is 0.727. The Morgan fingerprint density at radius 3 is 2.73 bits per heavy atom. The molecule has 1 rings (SSSR count). The molecule has 1 atom stereocenters. The smallest absolute Gasteiger partial charge is 0.0597 e. The van der Waals surface area contributed by atoms with Crippen molar-refractivity contribution in [3.8, 4) is 0 Å². The molecule has 3 nitrogen and oxygen atoms in total. The molecule has 15 heavy (non-hydrogen) atoms. The number of hydrogen-bond acceptors (Lipinski definition) is 2. The summed E-state index contributed by atoms with van der Waals surface area (Å²) < 4.78 is 1.94. The summed E-state index contributed by atoms with van der Waals surface area (Å²) in [5.74, 6) is 0. The van der Waals surface area contributed by atoms with E-state index in [0.717, 1.165) is 25.2 Å². The normalized spacial score (nSPS) is 13.5. The third kappa shape index (κ3) is 4.22. The molecule has 1 unspecified atom stereocenters. The van der Waals surface area contributed by atoms with E-state index in [-0.39, 0.29) is 5.38 Å². The molecule has 0 aliphatic rings. The van der Waals surface area contributed by atoms with E-state index in [4.69, 9.17) is 11.6 Å². The Hall–Kier alpha value is -0.540. The summed E-state index contributed by atoms with van der Waals surface area (Å²) in [6.45, 7) is 6.00. The quantitative estimate of drug-likeness (QED) is 0.722. The van der Waals surface area contributed by atoms with E-state index in [0.29, 0.717) is 0 Å². The van der Waals surface area contributed by atoms with Gasteiger partial charge in [-0.15, -0.1) is 11.6 Å². The highest BCUT2D eigenvalue weighted by molar-refractivity contribution is 6.20. The Morgan fingerprint density at radius 1 is 1.60 bits per heavy atom. The van der Waals surface area contributed by atoms with Crippen LogP contribution in [0.5, 0.6) is 0 Å². The van der Waals surface area contributed by atoms with Crippen molar-refractivity contribution < 1.29 is 0 Å². The highest BCUT2D eigenvalue weighted by atomic mass is 35.5. The van der Waals surface area contributed by atoms with Crippen LogP contribution in [-0.2, 0) is 13.6 Å². The lowest BCUT2D eigenvalue weighted by atomic mass is 10.3. The van der Waals surface area contributed by atoms with Crippen LogP contribution in [0, 0.1) is 6.92 Å². The standard InChI is InChI=1S/C11H20ClN3/c1-9(12)5-6-14(3)8-11-7-10(2)13-15(11)4/h7,9H,5-6,8H2,1-4H3. The lowest BCUT2D eigenvalue weighted by molar-refractivity contribution is 0.312. The third-order valence-electron chi connectivity index (χ3n) is 2.44. The summed E-state index contributed by atoms with van der Waals surface area (Å²) >= 11 is 5.92. The SMILES string of the molecule is Cc1cc(CN(C)CCC(C)Cl)n(C)n1. The summed E-state index contributed by atoms with van der Waals surface area (Å²) in [6, 6.07) is 2.13. The maximum absolute atomic E-state index is 5.92. The monoisotopic (exact) mass is 229 g/mol. The predicted octanol–water partition coefficient (Wildman–Crippen LogP) is 2.18. The molecule has 1 heterocycles. The molecule has 1 aromatic rings. The first-order chi connectivity index (χ1) is 6.99. The zero-order chi connectivity index (χ0) is 11.4. The van der Waals surface area contributed by atoms with Crippen LogP contribution < -0.4 is 0 Å². The van der Waals surface area contributed by atoms with E-state index in [1.165, 1.54) is 5.69 Å². The molecule has 1 aromatic heterocycles. The van der Waals surface area contributed by atoms with Crippen LogP contribution in [0.1, 0.15) is 24.7 Å². The molecule has 4 heteroatoms. The molecule has 0 N–H and O–H groups in total. The van der Waals surface area contributed by atoms with Gasteiger partial charge in [0.2, 0.25) is 0 Å². The predicted molar refractivity (Wildman–Crippen MR) is 64.2 cm³/mol. The lowest BCUT2D eigenvalue weighted by Gasteiger charge is -2.17. The molecular formula is C11H20ClN3. The van der Waals surface area contributed by atoms with Gasteiger partial charge in [-0.3, -0.25) is 4.68 Å². The maximum Gasteiger partial charge on any atom is 0.0597 e. The average molecular weight is 230 g/mol. The van der Waals surface area contributed by atoms with E-state index >= 15 is 0 Å². The number of hydrogen-bond donors (Lipinski definition) is 0. The Morgan fingerprint density at radius 2 is 2.27 bits per heavy atom. The van der Waals surface area contributed by atoms with Crippen molar-refractivity contribution in [2.45, 2.75) is 32.2 Å². The molecule has 0 amide bonds. The van der Waals surface area contributed by atoms with Gasteiger partial charge in [0.1, 0.15) is 0 Å². The molecule has 0 aliphatic heterocycles. The third-order valence-corrected chi connectivity index (χ3v) is 2.66. The minimum absolute atomic E-state index is 0.251. The van der Waals surface area contributed by atoms with Crippen molar-refractivity contribution in [3.05, 3.63) is 17.5 Å². The Balaban J connectivity index is 2.44. The van der Waals surface area contributed by atoms with Gasteiger partial charge in [-0.1, -0.05) is 0 Å². The second-order valence-electron chi connectivity index (χ2n) is 4.21. The van der Waals surface area contributed by atoms with Gasteiger partial charge in [0.25, 0.3) is 0 Å². The Labute approximate surface area is 97.0 Å². The van der Waals surface area contributed by atoms with Gasteiger partial charge in [-0.2, -0.15) is 5.10 Å². The van der Waals surface area contributed by atoms with Gasteiger partial charge < -0.3 is 4.90 Å². The van der Waals surface area contributed by atoms with E-state index < -0.39 is 0 Å². The van der Waals surface area contributed by atoms with Crippen molar-refractivity contribution in [2.75, 3.05) is 13.6 Å². The van der Waals surface area contributed by atoms with Crippen molar-refractivity contribution in [2.24, 2.45) is 7.05 Å². The summed E-state index contributed by atoms with van der Waals surface area (Å²) in [5, 5.41) is 4.57. The van der Waals surface area contributed by atoms with E-state index in [9.17, 15) is 0 Å². The minimum atomic E-state index is 0.251. The average Bonchev–Trinajstić information content (AvgIpc) is 2.42. The Bertz CT molecular complexity index is 307. The first kappa shape index (κ1) is 12.5. The van der Waals surface area contributed by atoms with E-state index in [1.54, 1.807) is 0 Å². The number of aromatic nitrogens is 2. The van der Waals surface area contributed by atoms with Crippen LogP contribution in [0.15, 0.2) is 6.07 Å². The summed E-state index contributed by atoms with van der Waals surface area (Å²) in [5.41, 5.74) is 2.32. The van der Waals surface area contributed by atoms with Crippen molar-refractivity contribution in [1.29, 1.82) is 0 Å². The fourth-order valence-corrected chi connectivity index (χ4v) is 1.66. The van der Waals surface area contributed by atoms with Gasteiger partial charge in [-0.25, -0.2) is 0 Å². The number of rotatable bonds is 5. The number of alkyl halides is 1. The van der Waals surface area contributed by atoms with Crippen molar-refractivity contribution >= 4 is 11.6 Å².